The molecule has 1 aromatic rings. The second kappa shape index (κ2) is 8.30. The van der Waals surface area contributed by atoms with Gasteiger partial charge in [0.25, 0.3) is 0 Å². The Hall–Kier alpha value is -0.820. The molecule has 0 radical (unpaired) electrons. The van der Waals surface area contributed by atoms with Gasteiger partial charge in [-0.2, -0.15) is 0 Å². The van der Waals surface area contributed by atoms with Gasteiger partial charge in [-0.05, 0) is 43.3 Å². The molecule has 0 heterocycles. The van der Waals surface area contributed by atoms with E-state index in [9.17, 15) is 0 Å². The van der Waals surface area contributed by atoms with Crippen LogP contribution in [-0.2, 0) is 0 Å². The minimum atomic E-state index is 0.696. The Kier molecular flexibility index (Phi) is 6.95. The fraction of sp³-hybridized carbons (Fsp3) is 0.625. The van der Waals surface area contributed by atoms with E-state index in [0.717, 1.165) is 12.5 Å². The highest BCUT2D eigenvalue weighted by atomic mass is 14.8. The van der Waals surface area contributed by atoms with E-state index in [-0.39, 0.29) is 0 Å². The maximum absolute atomic E-state index is 3.50. The van der Waals surface area contributed by atoms with E-state index in [1.54, 1.807) is 0 Å². The molecule has 0 spiro atoms. The van der Waals surface area contributed by atoms with Gasteiger partial charge in [0, 0.05) is 0 Å². The fourth-order valence-electron chi connectivity index (χ4n) is 2.04. The van der Waals surface area contributed by atoms with Gasteiger partial charge >= 0.3 is 0 Å². The second-order valence-electron chi connectivity index (χ2n) is 5.41. The monoisotopic (exact) mass is 233 g/mol. The first-order valence-electron chi connectivity index (χ1n) is 6.96. The van der Waals surface area contributed by atoms with E-state index in [4.69, 9.17) is 0 Å². The maximum atomic E-state index is 3.50. The molecule has 1 N–H and O–H groups in total. The predicted octanol–water partition coefficient (Wildman–Crippen LogP) is 4.21. The van der Waals surface area contributed by atoms with Crippen molar-refractivity contribution in [2.24, 2.45) is 5.92 Å². The van der Waals surface area contributed by atoms with Gasteiger partial charge < -0.3 is 5.32 Å². The van der Waals surface area contributed by atoms with Crippen molar-refractivity contribution < 1.29 is 0 Å². The molecule has 0 aromatic heterocycles. The number of unbranched alkanes of at least 4 members (excludes halogenated alkanes) is 1. The summed E-state index contributed by atoms with van der Waals surface area (Å²) in [4.78, 5) is 0. The van der Waals surface area contributed by atoms with Gasteiger partial charge in [0.2, 0.25) is 0 Å². The molecule has 1 nitrogen and oxygen atoms in total. The predicted molar refractivity (Wildman–Crippen MR) is 76.4 cm³/mol. The topological polar surface area (TPSA) is 12.0 Å². The van der Waals surface area contributed by atoms with E-state index in [2.05, 4.69) is 56.4 Å². The van der Waals surface area contributed by atoms with Gasteiger partial charge in [0.1, 0.15) is 0 Å². The quantitative estimate of drug-likeness (QED) is 0.663. The number of benzene rings is 1. The molecule has 0 aliphatic carbocycles. The molecule has 0 aliphatic heterocycles. The lowest BCUT2D eigenvalue weighted by molar-refractivity contribution is 0.520. The molecule has 0 amide bonds. The molecule has 0 aliphatic rings. The third-order valence-corrected chi connectivity index (χ3v) is 3.16. The summed E-state index contributed by atoms with van der Waals surface area (Å²) < 4.78 is 0. The molecule has 1 rings (SSSR count). The maximum Gasteiger partial charge on any atom is -0.00258 e. The summed E-state index contributed by atoms with van der Waals surface area (Å²) in [5.74, 6) is 1.46. The number of hydrogen-bond donors (Lipinski definition) is 1. The Morgan fingerprint density at radius 1 is 1.00 bits per heavy atom. The standard InChI is InChI=1S/C16H27N/c1-14(2)13-17-12-8-7-9-15(3)16-10-5-4-6-11-16/h4-6,10-11,14-15,17H,7-9,12-13H2,1-3H3. The summed E-state index contributed by atoms with van der Waals surface area (Å²) in [5, 5.41) is 3.50. The van der Waals surface area contributed by atoms with Gasteiger partial charge in [-0.15, -0.1) is 0 Å². The number of rotatable bonds is 8. The van der Waals surface area contributed by atoms with Crippen molar-refractivity contribution in [2.75, 3.05) is 13.1 Å². The largest absolute Gasteiger partial charge is 0.316 e. The molecule has 1 unspecified atom stereocenters. The molecule has 1 aromatic carbocycles. The van der Waals surface area contributed by atoms with Gasteiger partial charge in [-0.1, -0.05) is 57.5 Å². The summed E-state index contributed by atoms with van der Waals surface area (Å²) in [5.41, 5.74) is 1.47. The smallest absolute Gasteiger partial charge is 0.00258 e. The van der Waals surface area contributed by atoms with Crippen molar-refractivity contribution in [3.63, 3.8) is 0 Å². The minimum absolute atomic E-state index is 0.696. The van der Waals surface area contributed by atoms with Crippen LogP contribution in [0.1, 0.15) is 51.5 Å². The van der Waals surface area contributed by atoms with Gasteiger partial charge in [-0.3, -0.25) is 0 Å². The molecule has 0 fully saturated rings. The van der Waals surface area contributed by atoms with Gasteiger partial charge in [-0.25, -0.2) is 0 Å². The van der Waals surface area contributed by atoms with Crippen LogP contribution < -0.4 is 5.32 Å². The second-order valence-corrected chi connectivity index (χ2v) is 5.41. The van der Waals surface area contributed by atoms with Crippen molar-refractivity contribution >= 4 is 0 Å². The summed E-state index contributed by atoms with van der Waals surface area (Å²) in [6.07, 6.45) is 3.92. The van der Waals surface area contributed by atoms with Crippen molar-refractivity contribution in [3.8, 4) is 0 Å². The Balaban J connectivity index is 2.07. The summed E-state index contributed by atoms with van der Waals surface area (Å²) in [6, 6.07) is 10.8. The molecule has 96 valence electrons. The van der Waals surface area contributed by atoms with Crippen LogP contribution in [0.2, 0.25) is 0 Å². The van der Waals surface area contributed by atoms with Gasteiger partial charge in [0.05, 0.1) is 0 Å². The van der Waals surface area contributed by atoms with Crippen molar-refractivity contribution in [3.05, 3.63) is 35.9 Å². The molecular formula is C16H27N. The highest BCUT2D eigenvalue weighted by Gasteiger charge is 2.03. The van der Waals surface area contributed by atoms with Crippen LogP contribution >= 0.6 is 0 Å². The zero-order valence-electron chi connectivity index (χ0n) is 11.6. The normalized spacial score (nSPS) is 12.9. The SMILES string of the molecule is CC(C)CNCCCCC(C)c1ccccc1. The van der Waals surface area contributed by atoms with E-state index in [0.29, 0.717) is 5.92 Å². The molecule has 1 heteroatoms. The molecular weight excluding hydrogens is 206 g/mol. The third-order valence-electron chi connectivity index (χ3n) is 3.16. The lowest BCUT2D eigenvalue weighted by atomic mass is 9.95. The molecule has 1 atom stereocenters. The Bertz CT molecular complexity index is 279. The van der Waals surface area contributed by atoms with E-state index >= 15 is 0 Å². The highest BCUT2D eigenvalue weighted by Crippen LogP contribution is 2.20. The Morgan fingerprint density at radius 2 is 1.71 bits per heavy atom. The Morgan fingerprint density at radius 3 is 2.35 bits per heavy atom. The van der Waals surface area contributed by atoms with Crippen LogP contribution in [0.15, 0.2) is 30.3 Å². The Labute approximate surface area is 107 Å². The molecule has 0 bridgehead atoms. The molecule has 0 saturated carbocycles. The average Bonchev–Trinajstić information content (AvgIpc) is 2.34. The zero-order chi connectivity index (χ0) is 12.5. The van der Waals surface area contributed by atoms with E-state index < -0.39 is 0 Å². The fourth-order valence-corrected chi connectivity index (χ4v) is 2.04. The van der Waals surface area contributed by atoms with E-state index in [1.807, 2.05) is 0 Å². The van der Waals surface area contributed by atoms with Gasteiger partial charge in [0.15, 0.2) is 0 Å². The van der Waals surface area contributed by atoms with Crippen molar-refractivity contribution in [2.45, 2.75) is 46.0 Å². The van der Waals surface area contributed by atoms with E-state index in [1.165, 1.54) is 31.4 Å². The molecule has 0 saturated heterocycles. The van der Waals surface area contributed by atoms with Crippen LogP contribution in [0.4, 0.5) is 0 Å². The first-order valence-corrected chi connectivity index (χ1v) is 6.96. The minimum Gasteiger partial charge on any atom is -0.316 e. The van der Waals surface area contributed by atoms with Crippen molar-refractivity contribution in [1.29, 1.82) is 0 Å². The highest BCUT2D eigenvalue weighted by molar-refractivity contribution is 5.18. The van der Waals surface area contributed by atoms with Crippen LogP contribution in [0.5, 0.6) is 0 Å². The van der Waals surface area contributed by atoms with Crippen LogP contribution in [0, 0.1) is 5.92 Å². The third kappa shape index (κ3) is 6.48. The number of hydrogen-bond acceptors (Lipinski definition) is 1. The van der Waals surface area contributed by atoms with Crippen molar-refractivity contribution in [1.82, 2.24) is 5.32 Å². The lowest BCUT2D eigenvalue weighted by Crippen LogP contribution is -2.20. The first-order chi connectivity index (χ1) is 8.20. The first kappa shape index (κ1) is 14.2. The van der Waals surface area contributed by atoms with Crippen LogP contribution in [0.3, 0.4) is 0 Å². The zero-order valence-corrected chi connectivity index (χ0v) is 11.6. The number of nitrogens with one attached hydrogen (secondary N) is 1. The summed E-state index contributed by atoms with van der Waals surface area (Å²) in [7, 11) is 0. The lowest BCUT2D eigenvalue weighted by Gasteiger charge is -2.12. The summed E-state index contributed by atoms with van der Waals surface area (Å²) >= 11 is 0. The average molecular weight is 233 g/mol. The summed E-state index contributed by atoms with van der Waals surface area (Å²) in [6.45, 7) is 9.15. The van der Waals surface area contributed by atoms with Crippen LogP contribution in [-0.4, -0.2) is 13.1 Å². The van der Waals surface area contributed by atoms with Crippen LogP contribution in [0.25, 0.3) is 0 Å². The molecule has 17 heavy (non-hydrogen) atoms.